The molecule has 0 bridgehead atoms. The number of ether oxygens (including phenoxy) is 1. The summed E-state index contributed by atoms with van der Waals surface area (Å²) in [5.74, 6) is -2.46. The lowest BCUT2D eigenvalue weighted by Gasteiger charge is -2.07. The molecule has 0 aliphatic carbocycles. The van der Waals surface area contributed by atoms with Gasteiger partial charge in [-0.15, -0.1) is 0 Å². The van der Waals surface area contributed by atoms with Crippen molar-refractivity contribution in [1.29, 1.82) is 0 Å². The van der Waals surface area contributed by atoms with Crippen molar-refractivity contribution in [1.82, 2.24) is 0 Å². The van der Waals surface area contributed by atoms with E-state index in [0.29, 0.717) is 11.1 Å². The normalized spacial score (nSPS) is 10.3. The van der Waals surface area contributed by atoms with Crippen molar-refractivity contribution in [3.8, 4) is 11.1 Å². The van der Waals surface area contributed by atoms with Crippen molar-refractivity contribution in [2.45, 2.75) is 0 Å². The van der Waals surface area contributed by atoms with Crippen molar-refractivity contribution >= 4 is 11.7 Å². The van der Waals surface area contributed by atoms with E-state index in [0.717, 1.165) is 12.1 Å². The van der Waals surface area contributed by atoms with Gasteiger partial charge in [0.05, 0.1) is 12.7 Å². The second-order valence-corrected chi connectivity index (χ2v) is 3.92. The molecule has 0 saturated heterocycles. The highest BCUT2D eigenvalue weighted by atomic mass is 19.2. The third-order valence-electron chi connectivity index (χ3n) is 2.71. The Balaban J connectivity index is 2.51. The summed E-state index contributed by atoms with van der Waals surface area (Å²) in [6.45, 7) is 0. The Morgan fingerprint density at radius 3 is 2.32 bits per heavy atom. The Bertz CT molecular complexity index is 641. The number of carbonyl (C=O) groups is 1. The topological polar surface area (TPSA) is 52.3 Å². The van der Waals surface area contributed by atoms with Gasteiger partial charge < -0.3 is 10.5 Å². The van der Waals surface area contributed by atoms with Crippen molar-refractivity contribution in [2.75, 3.05) is 12.8 Å². The number of anilines is 1. The molecule has 0 atom stereocenters. The van der Waals surface area contributed by atoms with Crippen LogP contribution in [0.25, 0.3) is 11.1 Å². The number of hydrogen-bond acceptors (Lipinski definition) is 3. The summed E-state index contributed by atoms with van der Waals surface area (Å²) >= 11 is 0. The quantitative estimate of drug-likeness (QED) is 0.669. The van der Waals surface area contributed by atoms with E-state index in [1.165, 1.54) is 25.3 Å². The van der Waals surface area contributed by atoms with Gasteiger partial charge in [0.25, 0.3) is 0 Å². The molecule has 0 radical (unpaired) electrons. The Kier molecular flexibility index (Phi) is 3.46. The minimum absolute atomic E-state index is 0.185. The molecule has 0 aliphatic heterocycles. The Labute approximate surface area is 108 Å². The average molecular weight is 263 g/mol. The van der Waals surface area contributed by atoms with Crippen LogP contribution in [0.15, 0.2) is 36.4 Å². The number of esters is 1. The molecular weight excluding hydrogens is 252 g/mol. The highest BCUT2D eigenvalue weighted by molar-refractivity contribution is 5.96. The molecule has 19 heavy (non-hydrogen) atoms. The highest BCUT2D eigenvalue weighted by Gasteiger charge is 2.12. The number of nitrogen functional groups attached to an aromatic ring is 1. The van der Waals surface area contributed by atoms with Gasteiger partial charge in [0, 0.05) is 5.69 Å². The third kappa shape index (κ3) is 2.54. The summed E-state index contributed by atoms with van der Waals surface area (Å²) in [5, 5.41) is 0. The molecule has 0 saturated carbocycles. The summed E-state index contributed by atoms with van der Waals surface area (Å²) in [5.41, 5.74) is 7.11. The molecule has 0 unspecified atom stereocenters. The molecule has 2 rings (SSSR count). The molecule has 5 heteroatoms. The van der Waals surface area contributed by atoms with Gasteiger partial charge >= 0.3 is 5.97 Å². The van der Waals surface area contributed by atoms with E-state index in [9.17, 15) is 13.6 Å². The van der Waals surface area contributed by atoms with Crippen LogP contribution in [0.2, 0.25) is 0 Å². The van der Waals surface area contributed by atoms with Gasteiger partial charge in [-0.1, -0.05) is 12.1 Å². The second-order valence-electron chi connectivity index (χ2n) is 3.92. The smallest absolute Gasteiger partial charge is 0.339 e. The number of halogens is 2. The van der Waals surface area contributed by atoms with Gasteiger partial charge in [0.1, 0.15) is 0 Å². The maximum atomic E-state index is 13.2. The van der Waals surface area contributed by atoms with Crippen LogP contribution >= 0.6 is 0 Å². The molecule has 2 aromatic rings. The first-order chi connectivity index (χ1) is 9.02. The number of hydrogen-bond donors (Lipinski definition) is 1. The van der Waals surface area contributed by atoms with Gasteiger partial charge in [-0.3, -0.25) is 0 Å². The molecule has 0 amide bonds. The minimum atomic E-state index is -0.950. The van der Waals surface area contributed by atoms with E-state index in [1.807, 2.05) is 0 Å². The predicted molar refractivity (Wildman–Crippen MR) is 67.5 cm³/mol. The van der Waals surface area contributed by atoms with Crippen LogP contribution in [0.5, 0.6) is 0 Å². The molecule has 0 aromatic heterocycles. The molecule has 2 N–H and O–H groups in total. The van der Waals surface area contributed by atoms with Crippen LogP contribution in [0.4, 0.5) is 14.5 Å². The van der Waals surface area contributed by atoms with Crippen molar-refractivity contribution < 1.29 is 18.3 Å². The summed E-state index contributed by atoms with van der Waals surface area (Å²) in [6.07, 6.45) is 0. The van der Waals surface area contributed by atoms with E-state index in [2.05, 4.69) is 4.74 Å². The largest absolute Gasteiger partial charge is 0.465 e. The van der Waals surface area contributed by atoms with E-state index in [4.69, 9.17) is 5.73 Å². The first-order valence-corrected chi connectivity index (χ1v) is 5.46. The van der Waals surface area contributed by atoms with Crippen molar-refractivity contribution in [2.24, 2.45) is 0 Å². The van der Waals surface area contributed by atoms with E-state index in [1.54, 1.807) is 6.07 Å². The van der Waals surface area contributed by atoms with Gasteiger partial charge in [0.2, 0.25) is 0 Å². The Hall–Kier alpha value is -2.43. The van der Waals surface area contributed by atoms with Gasteiger partial charge in [-0.05, 0) is 35.4 Å². The molecule has 2 aromatic carbocycles. The lowest BCUT2D eigenvalue weighted by molar-refractivity contribution is 0.0602. The fraction of sp³-hybridized carbons (Fsp3) is 0.0714. The molecule has 98 valence electrons. The summed E-state index contributed by atoms with van der Waals surface area (Å²) < 4.78 is 30.6. The standard InChI is InChI=1S/C14H11F2NO2/c1-19-14(18)10-6-8(3-5-13(10)17)9-2-4-11(15)12(16)7-9/h2-7H,17H2,1H3. The first kappa shape index (κ1) is 13.0. The van der Waals surface area contributed by atoms with Crippen LogP contribution in [-0.2, 0) is 4.74 Å². The van der Waals surface area contributed by atoms with Gasteiger partial charge in [0.15, 0.2) is 11.6 Å². The fourth-order valence-electron chi connectivity index (χ4n) is 1.70. The van der Waals surface area contributed by atoms with Crippen LogP contribution in [0.1, 0.15) is 10.4 Å². The predicted octanol–water partition coefficient (Wildman–Crippen LogP) is 3.00. The zero-order valence-electron chi connectivity index (χ0n) is 10.1. The molecular formula is C14H11F2NO2. The summed E-state index contributed by atoms with van der Waals surface area (Å²) in [6, 6.07) is 8.12. The first-order valence-electron chi connectivity index (χ1n) is 5.46. The van der Waals surface area contributed by atoms with E-state index < -0.39 is 17.6 Å². The van der Waals surface area contributed by atoms with Gasteiger partial charge in [-0.2, -0.15) is 0 Å². The maximum Gasteiger partial charge on any atom is 0.339 e. The zero-order valence-corrected chi connectivity index (χ0v) is 10.1. The summed E-state index contributed by atoms with van der Waals surface area (Å²) in [7, 11) is 1.24. The number of methoxy groups -OCH3 is 1. The van der Waals surface area contributed by atoms with Crippen molar-refractivity contribution in [3.05, 3.63) is 53.6 Å². The molecule has 0 aliphatic rings. The molecule has 3 nitrogen and oxygen atoms in total. The SMILES string of the molecule is COC(=O)c1cc(-c2ccc(F)c(F)c2)ccc1N. The number of benzene rings is 2. The van der Waals surface area contributed by atoms with Crippen LogP contribution in [0, 0.1) is 11.6 Å². The number of carbonyl (C=O) groups excluding carboxylic acids is 1. The lowest BCUT2D eigenvalue weighted by Crippen LogP contribution is -2.05. The van der Waals surface area contributed by atoms with Crippen LogP contribution in [0.3, 0.4) is 0 Å². The van der Waals surface area contributed by atoms with Crippen LogP contribution < -0.4 is 5.73 Å². The fourth-order valence-corrected chi connectivity index (χ4v) is 1.70. The molecule has 0 spiro atoms. The Morgan fingerprint density at radius 1 is 1.05 bits per heavy atom. The molecule has 0 fully saturated rings. The van der Waals surface area contributed by atoms with Gasteiger partial charge in [-0.25, -0.2) is 13.6 Å². The number of rotatable bonds is 2. The zero-order chi connectivity index (χ0) is 14.0. The number of nitrogens with two attached hydrogens (primary N) is 1. The summed E-state index contributed by atoms with van der Waals surface area (Å²) in [4.78, 5) is 11.5. The van der Waals surface area contributed by atoms with Crippen LogP contribution in [-0.4, -0.2) is 13.1 Å². The second kappa shape index (κ2) is 5.06. The lowest BCUT2D eigenvalue weighted by atomic mass is 10.0. The monoisotopic (exact) mass is 263 g/mol. The Morgan fingerprint density at radius 2 is 1.68 bits per heavy atom. The molecule has 0 heterocycles. The van der Waals surface area contributed by atoms with E-state index >= 15 is 0 Å². The average Bonchev–Trinajstić information content (AvgIpc) is 2.41. The third-order valence-corrected chi connectivity index (χ3v) is 2.71. The highest BCUT2D eigenvalue weighted by Crippen LogP contribution is 2.25. The minimum Gasteiger partial charge on any atom is -0.465 e. The van der Waals surface area contributed by atoms with E-state index in [-0.39, 0.29) is 11.3 Å². The maximum absolute atomic E-state index is 13.2. The van der Waals surface area contributed by atoms with Crippen molar-refractivity contribution in [3.63, 3.8) is 0 Å².